The molecule has 1 aliphatic heterocycles. The van der Waals surface area contributed by atoms with Crippen LogP contribution in [0.4, 0.5) is 4.39 Å². The molecule has 1 saturated heterocycles. The summed E-state index contributed by atoms with van der Waals surface area (Å²) >= 11 is 0. The highest BCUT2D eigenvalue weighted by Crippen LogP contribution is 2.10. The van der Waals surface area contributed by atoms with Gasteiger partial charge in [0.15, 0.2) is 5.96 Å². The van der Waals surface area contributed by atoms with Crippen molar-refractivity contribution in [1.29, 1.82) is 0 Å². The van der Waals surface area contributed by atoms with Gasteiger partial charge >= 0.3 is 0 Å². The topological polar surface area (TPSA) is 42.9 Å². The molecule has 0 unspecified atom stereocenters. The van der Waals surface area contributed by atoms with E-state index in [2.05, 4.69) is 56.7 Å². The van der Waals surface area contributed by atoms with Gasteiger partial charge in [0.1, 0.15) is 5.82 Å². The summed E-state index contributed by atoms with van der Waals surface area (Å²) in [6.07, 6.45) is 0.749. The molecule has 0 saturated carbocycles. The fraction of sp³-hybridized carbons (Fsp3) is 0.435. The number of likely N-dealkylation sites (N-methyl/N-ethyl adjacent to an activating group) is 1. The van der Waals surface area contributed by atoms with Gasteiger partial charge in [-0.05, 0) is 42.3 Å². The smallest absolute Gasteiger partial charge is 0.191 e. The van der Waals surface area contributed by atoms with Crippen LogP contribution in [0.1, 0.15) is 16.7 Å². The first-order valence-electron chi connectivity index (χ1n) is 10.3. The molecule has 0 atom stereocenters. The van der Waals surface area contributed by atoms with Crippen LogP contribution in [0.2, 0.25) is 0 Å². The maximum atomic E-state index is 13.2. The Hall–Kier alpha value is -1.71. The zero-order chi connectivity index (χ0) is 20.5. The van der Waals surface area contributed by atoms with E-state index in [0.717, 1.165) is 50.7 Å². The third-order valence-electron chi connectivity index (χ3n) is 5.30. The number of hydrogen-bond donors (Lipinski definition) is 2. The van der Waals surface area contributed by atoms with Gasteiger partial charge < -0.3 is 15.5 Å². The van der Waals surface area contributed by atoms with Crippen molar-refractivity contribution in [2.45, 2.75) is 19.5 Å². The fourth-order valence-electron chi connectivity index (χ4n) is 3.45. The summed E-state index contributed by atoms with van der Waals surface area (Å²) in [5, 5.41) is 6.62. The van der Waals surface area contributed by atoms with Gasteiger partial charge in [-0.15, -0.1) is 24.0 Å². The number of piperazine rings is 1. The normalized spacial score (nSPS) is 15.5. The van der Waals surface area contributed by atoms with Gasteiger partial charge in [0, 0.05) is 52.9 Å². The summed E-state index contributed by atoms with van der Waals surface area (Å²) in [4.78, 5) is 9.15. The van der Waals surface area contributed by atoms with Gasteiger partial charge in [-0.3, -0.25) is 9.89 Å². The second-order valence-corrected chi connectivity index (χ2v) is 7.63. The molecule has 0 aliphatic carbocycles. The molecule has 0 aromatic heterocycles. The van der Waals surface area contributed by atoms with E-state index >= 15 is 0 Å². The first kappa shape index (κ1) is 24.6. The SMILES string of the molecule is CN=C(NCCc1cccc(F)c1)NCc1ccc(CN2CCN(C)CC2)cc1.I. The molecular weight excluding hydrogens is 492 g/mol. The molecule has 1 fully saturated rings. The van der Waals surface area contributed by atoms with Crippen LogP contribution in [0, 0.1) is 5.82 Å². The Labute approximate surface area is 196 Å². The minimum atomic E-state index is -0.193. The molecule has 5 nitrogen and oxygen atoms in total. The molecule has 7 heteroatoms. The van der Waals surface area contributed by atoms with Gasteiger partial charge in [-0.1, -0.05) is 36.4 Å². The van der Waals surface area contributed by atoms with Crippen LogP contribution in [0.15, 0.2) is 53.5 Å². The van der Waals surface area contributed by atoms with Gasteiger partial charge in [0.25, 0.3) is 0 Å². The highest BCUT2D eigenvalue weighted by Gasteiger charge is 2.13. The Kier molecular flexibility index (Phi) is 10.5. The van der Waals surface area contributed by atoms with Crippen molar-refractivity contribution in [3.8, 4) is 0 Å². The molecule has 0 radical (unpaired) electrons. The fourth-order valence-corrected chi connectivity index (χ4v) is 3.45. The molecular formula is C23H33FIN5. The molecule has 164 valence electrons. The van der Waals surface area contributed by atoms with Crippen LogP contribution in [-0.2, 0) is 19.5 Å². The van der Waals surface area contributed by atoms with Crippen molar-refractivity contribution >= 4 is 29.9 Å². The van der Waals surface area contributed by atoms with Gasteiger partial charge in [-0.25, -0.2) is 4.39 Å². The summed E-state index contributed by atoms with van der Waals surface area (Å²) in [5.74, 6) is 0.559. The van der Waals surface area contributed by atoms with Gasteiger partial charge in [-0.2, -0.15) is 0 Å². The maximum absolute atomic E-state index is 13.2. The number of halogens is 2. The Morgan fingerprint density at radius 1 is 0.967 bits per heavy atom. The molecule has 30 heavy (non-hydrogen) atoms. The molecule has 0 amide bonds. The van der Waals surface area contributed by atoms with E-state index in [-0.39, 0.29) is 29.8 Å². The predicted octanol–water partition coefficient (Wildman–Crippen LogP) is 3.10. The summed E-state index contributed by atoms with van der Waals surface area (Å²) in [6.45, 7) is 7.00. The number of rotatable bonds is 7. The molecule has 0 spiro atoms. The van der Waals surface area contributed by atoms with Crippen LogP contribution in [0.5, 0.6) is 0 Å². The minimum absolute atomic E-state index is 0. The van der Waals surface area contributed by atoms with Gasteiger partial charge in [0.2, 0.25) is 0 Å². The second-order valence-electron chi connectivity index (χ2n) is 7.63. The quantitative estimate of drug-likeness (QED) is 0.332. The van der Waals surface area contributed by atoms with E-state index in [4.69, 9.17) is 0 Å². The van der Waals surface area contributed by atoms with E-state index in [0.29, 0.717) is 13.1 Å². The number of nitrogens with one attached hydrogen (secondary N) is 2. The predicted molar refractivity (Wildman–Crippen MR) is 133 cm³/mol. The van der Waals surface area contributed by atoms with Crippen LogP contribution in [0.25, 0.3) is 0 Å². The minimum Gasteiger partial charge on any atom is -0.356 e. The number of aliphatic imine (C=N–C) groups is 1. The van der Waals surface area contributed by atoms with Crippen LogP contribution >= 0.6 is 24.0 Å². The third-order valence-corrected chi connectivity index (χ3v) is 5.30. The average Bonchev–Trinajstić information content (AvgIpc) is 2.73. The summed E-state index contributed by atoms with van der Waals surface area (Å²) in [5.41, 5.74) is 3.56. The zero-order valence-electron chi connectivity index (χ0n) is 17.9. The highest BCUT2D eigenvalue weighted by molar-refractivity contribution is 14.0. The second kappa shape index (κ2) is 12.9. The van der Waals surface area contributed by atoms with Crippen LogP contribution in [0.3, 0.4) is 0 Å². The standard InChI is InChI=1S/C23H32FN5.HI/c1-25-23(26-11-10-19-4-3-5-22(24)16-19)27-17-20-6-8-21(9-7-20)18-29-14-12-28(2)13-15-29;/h3-9,16H,10-15,17-18H2,1-2H3,(H2,25,26,27);1H. The Bertz CT molecular complexity index is 788. The Morgan fingerprint density at radius 3 is 2.33 bits per heavy atom. The highest BCUT2D eigenvalue weighted by atomic mass is 127. The molecule has 2 N–H and O–H groups in total. The number of benzene rings is 2. The van der Waals surface area contributed by atoms with Crippen LogP contribution < -0.4 is 10.6 Å². The summed E-state index contributed by atoms with van der Waals surface area (Å²) in [7, 11) is 3.94. The number of hydrogen-bond acceptors (Lipinski definition) is 3. The van der Waals surface area contributed by atoms with E-state index in [9.17, 15) is 4.39 Å². The van der Waals surface area contributed by atoms with E-state index < -0.39 is 0 Å². The number of guanidine groups is 1. The molecule has 1 aliphatic rings. The maximum Gasteiger partial charge on any atom is 0.191 e. The molecule has 2 aromatic carbocycles. The van der Waals surface area contributed by atoms with Crippen molar-refractivity contribution < 1.29 is 4.39 Å². The van der Waals surface area contributed by atoms with Crippen molar-refractivity contribution in [3.05, 3.63) is 71.0 Å². The molecule has 0 bridgehead atoms. The van der Waals surface area contributed by atoms with E-state index in [1.807, 2.05) is 6.07 Å². The lowest BCUT2D eigenvalue weighted by Gasteiger charge is -2.32. The van der Waals surface area contributed by atoms with E-state index in [1.165, 1.54) is 17.2 Å². The zero-order valence-corrected chi connectivity index (χ0v) is 20.2. The Morgan fingerprint density at radius 2 is 1.67 bits per heavy atom. The first-order chi connectivity index (χ1) is 14.1. The molecule has 1 heterocycles. The third kappa shape index (κ3) is 8.20. The van der Waals surface area contributed by atoms with Crippen molar-refractivity contribution in [3.63, 3.8) is 0 Å². The summed E-state index contributed by atoms with van der Waals surface area (Å²) < 4.78 is 13.2. The van der Waals surface area contributed by atoms with Crippen LogP contribution in [-0.4, -0.2) is 62.6 Å². The van der Waals surface area contributed by atoms with Crippen molar-refractivity contribution in [2.24, 2.45) is 4.99 Å². The Balaban J connectivity index is 0.00000320. The van der Waals surface area contributed by atoms with Crippen molar-refractivity contribution in [1.82, 2.24) is 20.4 Å². The monoisotopic (exact) mass is 525 g/mol. The first-order valence-corrected chi connectivity index (χ1v) is 10.3. The lowest BCUT2D eigenvalue weighted by molar-refractivity contribution is 0.148. The van der Waals surface area contributed by atoms with E-state index in [1.54, 1.807) is 19.2 Å². The van der Waals surface area contributed by atoms with Gasteiger partial charge in [0.05, 0.1) is 0 Å². The lowest BCUT2D eigenvalue weighted by Crippen LogP contribution is -2.43. The lowest BCUT2D eigenvalue weighted by atomic mass is 10.1. The average molecular weight is 525 g/mol. The number of nitrogens with zero attached hydrogens (tertiary/aromatic N) is 3. The molecule has 2 aromatic rings. The molecule has 3 rings (SSSR count). The largest absolute Gasteiger partial charge is 0.356 e. The van der Waals surface area contributed by atoms with Crippen molar-refractivity contribution in [2.75, 3.05) is 46.8 Å². The summed E-state index contributed by atoms with van der Waals surface area (Å²) in [6, 6.07) is 15.5.